The molecule has 3 nitrogen and oxygen atoms in total. The molecule has 0 aliphatic rings. The van der Waals surface area contributed by atoms with E-state index in [1.54, 1.807) is 11.3 Å². The summed E-state index contributed by atoms with van der Waals surface area (Å²) >= 11 is 1.61. The zero-order valence-electron chi connectivity index (χ0n) is 8.84. The highest BCUT2D eigenvalue weighted by Crippen LogP contribution is 2.23. The van der Waals surface area contributed by atoms with Gasteiger partial charge in [0.25, 0.3) is 0 Å². The third-order valence-corrected chi connectivity index (χ3v) is 3.22. The molecule has 84 valence electrons. The number of benzene rings is 1. The molecule has 3 N–H and O–H groups in total. The first kappa shape index (κ1) is 11.3. The van der Waals surface area contributed by atoms with Crippen LogP contribution in [0.25, 0.3) is 10.6 Å². The number of hydrogen-bond donors (Lipinski definition) is 2. The van der Waals surface area contributed by atoms with Crippen molar-refractivity contribution in [2.75, 3.05) is 6.61 Å². The molecule has 1 atom stereocenters. The van der Waals surface area contributed by atoms with Gasteiger partial charge in [0.05, 0.1) is 12.3 Å². The Morgan fingerprint density at radius 2 is 2.06 bits per heavy atom. The van der Waals surface area contributed by atoms with Crippen molar-refractivity contribution in [1.82, 2.24) is 4.98 Å². The van der Waals surface area contributed by atoms with E-state index in [1.165, 1.54) is 0 Å². The van der Waals surface area contributed by atoms with E-state index in [0.29, 0.717) is 6.42 Å². The number of aromatic nitrogens is 1. The van der Waals surface area contributed by atoms with Crippen LogP contribution in [0.5, 0.6) is 0 Å². The summed E-state index contributed by atoms with van der Waals surface area (Å²) in [6, 6.07) is 9.83. The van der Waals surface area contributed by atoms with Gasteiger partial charge in [-0.05, 0) is 0 Å². The molecular weight excluding hydrogens is 220 g/mol. The first-order chi connectivity index (χ1) is 7.79. The van der Waals surface area contributed by atoms with Crippen molar-refractivity contribution in [2.24, 2.45) is 5.73 Å². The molecule has 16 heavy (non-hydrogen) atoms. The van der Waals surface area contributed by atoms with Crippen molar-refractivity contribution in [1.29, 1.82) is 0 Å². The third-order valence-electron chi connectivity index (χ3n) is 2.28. The van der Waals surface area contributed by atoms with Gasteiger partial charge in [-0.25, -0.2) is 4.98 Å². The van der Waals surface area contributed by atoms with Crippen LogP contribution in [-0.2, 0) is 6.42 Å². The van der Waals surface area contributed by atoms with E-state index in [-0.39, 0.29) is 12.6 Å². The Hall–Kier alpha value is -1.23. The van der Waals surface area contributed by atoms with E-state index in [9.17, 15) is 0 Å². The minimum atomic E-state index is -0.217. The van der Waals surface area contributed by atoms with Gasteiger partial charge >= 0.3 is 0 Å². The van der Waals surface area contributed by atoms with Crippen molar-refractivity contribution in [3.8, 4) is 10.6 Å². The largest absolute Gasteiger partial charge is 0.395 e. The van der Waals surface area contributed by atoms with Gasteiger partial charge in [0.2, 0.25) is 0 Å². The van der Waals surface area contributed by atoms with Crippen LogP contribution < -0.4 is 5.73 Å². The average Bonchev–Trinajstić information content (AvgIpc) is 2.78. The van der Waals surface area contributed by atoms with Gasteiger partial charge in [0, 0.05) is 23.4 Å². The van der Waals surface area contributed by atoms with Crippen LogP contribution in [0.2, 0.25) is 0 Å². The Bertz CT molecular complexity index is 441. The molecule has 1 unspecified atom stereocenters. The van der Waals surface area contributed by atoms with Crippen LogP contribution in [0.3, 0.4) is 0 Å². The van der Waals surface area contributed by atoms with E-state index in [2.05, 4.69) is 4.98 Å². The molecule has 1 heterocycles. The average molecular weight is 234 g/mol. The van der Waals surface area contributed by atoms with Crippen molar-refractivity contribution >= 4 is 11.3 Å². The topological polar surface area (TPSA) is 59.1 Å². The molecule has 0 saturated carbocycles. The van der Waals surface area contributed by atoms with Gasteiger partial charge in [0.15, 0.2) is 0 Å². The van der Waals surface area contributed by atoms with E-state index >= 15 is 0 Å². The lowest BCUT2D eigenvalue weighted by Gasteiger charge is -2.03. The van der Waals surface area contributed by atoms with Crippen molar-refractivity contribution < 1.29 is 5.11 Å². The number of nitrogens with zero attached hydrogens (tertiary/aromatic N) is 1. The third kappa shape index (κ3) is 2.66. The highest BCUT2D eigenvalue weighted by atomic mass is 32.1. The predicted molar refractivity (Wildman–Crippen MR) is 66.3 cm³/mol. The zero-order chi connectivity index (χ0) is 11.4. The summed E-state index contributed by atoms with van der Waals surface area (Å²) in [5.74, 6) is 0. The molecule has 1 aromatic carbocycles. The number of aliphatic hydroxyl groups excluding tert-OH is 1. The van der Waals surface area contributed by atoms with Crippen LogP contribution >= 0.6 is 11.3 Å². The molecule has 1 aromatic heterocycles. The number of hydrogen-bond acceptors (Lipinski definition) is 4. The quantitative estimate of drug-likeness (QED) is 0.846. The van der Waals surface area contributed by atoms with E-state index in [0.717, 1.165) is 16.3 Å². The zero-order valence-corrected chi connectivity index (χ0v) is 9.65. The first-order valence-electron chi connectivity index (χ1n) is 5.16. The minimum Gasteiger partial charge on any atom is -0.395 e. The Balaban J connectivity index is 2.14. The van der Waals surface area contributed by atoms with Gasteiger partial charge in [-0.1, -0.05) is 30.3 Å². The van der Waals surface area contributed by atoms with Gasteiger partial charge in [-0.15, -0.1) is 11.3 Å². The smallest absolute Gasteiger partial charge is 0.123 e. The lowest BCUT2D eigenvalue weighted by molar-refractivity contribution is 0.265. The molecule has 4 heteroatoms. The molecule has 0 bridgehead atoms. The maximum Gasteiger partial charge on any atom is 0.123 e. The molecule has 0 amide bonds. The normalized spacial score (nSPS) is 12.6. The van der Waals surface area contributed by atoms with Crippen LogP contribution in [0.1, 0.15) is 5.69 Å². The molecule has 2 aromatic rings. The highest BCUT2D eigenvalue weighted by molar-refractivity contribution is 7.13. The number of nitrogens with two attached hydrogens (primary N) is 1. The Labute approximate surface area is 98.6 Å². The molecule has 0 spiro atoms. The van der Waals surface area contributed by atoms with Gasteiger partial charge < -0.3 is 10.8 Å². The van der Waals surface area contributed by atoms with Crippen LogP contribution in [0.4, 0.5) is 0 Å². The monoisotopic (exact) mass is 234 g/mol. The first-order valence-corrected chi connectivity index (χ1v) is 6.04. The SMILES string of the molecule is NC(CO)Cc1csc(-c2ccccc2)n1. The number of aliphatic hydroxyl groups is 1. The Morgan fingerprint density at radius 3 is 2.75 bits per heavy atom. The van der Waals surface area contributed by atoms with Crippen LogP contribution in [0.15, 0.2) is 35.7 Å². The molecule has 0 aliphatic carbocycles. The van der Waals surface area contributed by atoms with E-state index < -0.39 is 0 Å². The second kappa shape index (κ2) is 5.21. The number of rotatable bonds is 4. The van der Waals surface area contributed by atoms with Crippen molar-refractivity contribution in [3.63, 3.8) is 0 Å². The van der Waals surface area contributed by atoms with Crippen LogP contribution in [0, 0.1) is 0 Å². The summed E-state index contributed by atoms with van der Waals surface area (Å²) in [6.45, 7) is -0.00179. The fourth-order valence-electron chi connectivity index (χ4n) is 1.45. The molecular formula is C12H14N2OS. The van der Waals surface area contributed by atoms with Gasteiger partial charge in [-0.3, -0.25) is 0 Å². The van der Waals surface area contributed by atoms with Crippen molar-refractivity contribution in [2.45, 2.75) is 12.5 Å². The molecule has 0 fully saturated rings. The van der Waals surface area contributed by atoms with E-state index in [4.69, 9.17) is 10.8 Å². The molecule has 0 saturated heterocycles. The Morgan fingerprint density at radius 1 is 1.31 bits per heavy atom. The Kier molecular flexibility index (Phi) is 3.66. The lowest BCUT2D eigenvalue weighted by atomic mass is 10.2. The fourth-order valence-corrected chi connectivity index (χ4v) is 2.29. The standard InChI is InChI=1S/C12H14N2OS/c13-10(7-15)6-11-8-16-12(14-11)9-4-2-1-3-5-9/h1-5,8,10,15H,6-7,13H2. The van der Waals surface area contributed by atoms with Crippen molar-refractivity contribution in [3.05, 3.63) is 41.4 Å². The van der Waals surface area contributed by atoms with E-state index in [1.807, 2.05) is 35.7 Å². The van der Waals surface area contributed by atoms with Crippen LogP contribution in [-0.4, -0.2) is 22.7 Å². The fraction of sp³-hybridized carbons (Fsp3) is 0.250. The molecule has 0 radical (unpaired) electrons. The second-order valence-corrected chi connectivity index (χ2v) is 4.51. The summed E-state index contributed by atoms with van der Waals surface area (Å²) in [7, 11) is 0. The highest BCUT2D eigenvalue weighted by Gasteiger charge is 2.07. The second-order valence-electron chi connectivity index (χ2n) is 3.66. The van der Waals surface area contributed by atoms with Gasteiger partial charge in [0.1, 0.15) is 5.01 Å². The summed E-state index contributed by atoms with van der Waals surface area (Å²) < 4.78 is 0. The van der Waals surface area contributed by atoms with Gasteiger partial charge in [-0.2, -0.15) is 0 Å². The summed E-state index contributed by atoms with van der Waals surface area (Å²) in [6.07, 6.45) is 0.625. The maximum absolute atomic E-state index is 8.87. The molecule has 0 aliphatic heterocycles. The summed E-state index contributed by atoms with van der Waals surface area (Å²) in [4.78, 5) is 4.50. The molecule has 2 rings (SSSR count). The minimum absolute atomic E-state index is 0.00179. The maximum atomic E-state index is 8.87. The predicted octanol–water partition coefficient (Wildman–Crippen LogP) is 1.67. The summed E-state index contributed by atoms with van der Waals surface area (Å²) in [5.41, 5.74) is 7.74. The summed E-state index contributed by atoms with van der Waals surface area (Å²) in [5, 5.41) is 11.9. The number of thiazole rings is 1. The lowest BCUT2D eigenvalue weighted by Crippen LogP contribution is -2.26.